The van der Waals surface area contributed by atoms with E-state index in [2.05, 4.69) is 20.9 Å². The third kappa shape index (κ3) is 3.51. The van der Waals surface area contributed by atoms with Crippen LogP contribution in [0, 0.1) is 5.82 Å². The standard InChI is InChI=1S/C13H12BrFN2O/c14-10-5-11(15)7-12(6-10)18-13-2-1-9(3-4-16)8-17-13/h1-2,5-8H,3-4,16H2. The van der Waals surface area contributed by atoms with Gasteiger partial charge < -0.3 is 10.5 Å². The Hall–Kier alpha value is -1.46. The minimum absolute atomic E-state index is 0.362. The number of aromatic nitrogens is 1. The summed E-state index contributed by atoms with van der Waals surface area (Å²) >= 11 is 3.20. The van der Waals surface area contributed by atoms with Crippen LogP contribution in [0.1, 0.15) is 5.56 Å². The van der Waals surface area contributed by atoms with Gasteiger partial charge in [0.25, 0.3) is 0 Å². The number of ether oxygens (including phenoxy) is 1. The monoisotopic (exact) mass is 310 g/mol. The Bertz CT molecular complexity index is 511. The van der Waals surface area contributed by atoms with Crippen LogP contribution in [0.4, 0.5) is 4.39 Å². The average Bonchev–Trinajstić information content (AvgIpc) is 2.31. The van der Waals surface area contributed by atoms with Gasteiger partial charge in [-0.1, -0.05) is 22.0 Å². The van der Waals surface area contributed by atoms with Crippen molar-refractivity contribution in [3.8, 4) is 11.6 Å². The minimum atomic E-state index is -0.362. The van der Waals surface area contributed by atoms with Crippen molar-refractivity contribution in [3.05, 3.63) is 52.4 Å². The molecule has 94 valence electrons. The summed E-state index contributed by atoms with van der Waals surface area (Å²) in [5, 5.41) is 0. The number of rotatable bonds is 4. The van der Waals surface area contributed by atoms with E-state index in [1.54, 1.807) is 18.3 Å². The van der Waals surface area contributed by atoms with Gasteiger partial charge in [0.05, 0.1) is 0 Å². The number of hydrogen-bond donors (Lipinski definition) is 1. The minimum Gasteiger partial charge on any atom is -0.439 e. The maximum atomic E-state index is 13.2. The number of halogens is 2. The Morgan fingerprint density at radius 1 is 1.28 bits per heavy atom. The molecule has 3 nitrogen and oxygen atoms in total. The maximum Gasteiger partial charge on any atom is 0.219 e. The first-order valence-electron chi connectivity index (χ1n) is 5.46. The summed E-state index contributed by atoms with van der Waals surface area (Å²) in [5.74, 6) is 0.466. The summed E-state index contributed by atoms with van der Waals surface area (Å²) in [4.78, 5) is 4.14. The van der Waals surface area contributed by atoms with Gasteiger partial charge in [0.1, 0.15) is 11.6 Å². The molecule has 2 N–H and O–H groups in total. The van der Waals surface area contributed by atoms with Crippen LogP contribution in [0.15, 0.2) is 41.0 Å². The molecule has 1 heterocycles. The SMILES string of the molecule is NCCc1ccc(Oc2cc(F)cc(Br)c2)nc1. The molecule has 5 heteroatoms. The van der Waals surface area contributed by atoms with E-state index in [-0.39, 0.29) is 5.82 Å². The largest absolute Gasteiger partial charge is 0.439 e. The fourth-order valence-electron chi connectivity index (χ4n) is 1.49. The molecule has 0 atom stereocenters. The summed E-state index contributed by atoms with van der Waals surface area (Å²) in [6, 6.07) is 7.98. The third-order valence-electron chi connectivity index (χ3n) is 2.29. The van der Waals surface area contributed by atoms with E-state index >= 15 is 0 Å². The summed E-state index contributed by atoms with van der Waals surface area (Å²) in [6.07, 6.45) is 2.48. The first kappa shape index (κ1) is 13.0. The molecule has 0 bridgehead atoms. The number of hydrogen-bond acceptors (Lipinski definition) is 3. The molecule has 0 unspecified atom stereocenters. The molecule has 0 saturated heterocycles. The quantitative estimate of drug-likeness (QED) is 0.942. The van der Waals surface area contributed by atoms with Crippen molar-refractivity contribution in [2.24, 2.45) is 5.73 Å². The Labute approximate surface area is 113 Å². The number of benzene rings is 1. The van der Waals surface area contributed by atoms with Crippen LogP contribution in [0.25, 0.3) is 0 Å². The first-order valence-corrected chi connectivity index (χ1v) is 6.25. The lowest BCUT2D eigenvalue weighted by Crippen LogP contribution is -2.02. The predicted octanol–water partition coefficient (Wildman–Crippen LogP) is 3.28. The summed E-state index contributed by atoms with van der Waals surface area (Å²) in [6.45, 7) is 0.582. The number of nitrogens with two attached hydrogens (primary N) is 1. The van der Waals surface area contributed by atoms with Gasteiger partial charge in [-0.3, -0.25) is 0 Å². The van der Waals surface area contributed by atoms with Crippen molar-refractivity contribution in [2.45, 2.75) is 6.42 Å². The fourth-order valence-corrected chi connectivity index (χ4v) is 1.94. The van der Waals surface area contributed by atoms with Gasteiger partial charge in [-0.25, -0.2) is 9.37 Å². The lowest BCUT2D eigenvalue weighted by molar-refractivity contribution is 0.457. The van der Waals surface area contributed by atoms with Crippen LogP contribution in [-0.2, 0) is 6.42 Å². The molecule has 0 aliphatic carbocycles. The second-order valence-corrected chi connectivity index (χ2v) is 4.67. The lowest BCUT2D eigenvalue weighted by Gasteiger charge is -2.06. The van der Waals surface area contributed by atoms with Crippen molar-refractivity contribution in [1.82, 2.24) is 4.98 Å². The van der Waals surface area contributed by atoms with Gasteiger partial charge in [0.15, 0.2) is 0 Å². The van der Waals surface area contributed by atoms with E-state index in [4.69, 9.17) is 10.5 Å². The molecule has 0 spiro atoms. The molecular weight excluding hydrogens is 299 g/mol. The highest BCUT2D eigenvalue weighted by Crippen LogP contribution is 2.24. The van der Waals surface area contributed by atoms with Crippen molar-refractivity contribution in [2.75, 3.05) is 6.54 Å². The molecule has 0 radical (unpaired) electrons. The Kier molecular flexibility index (Phi) is 4.28. The zero-order valence-corrected chi connectivity index (χ0v) is 11.2. The third-order valence-corrected chi connectivity index (χ3v) is 2.75. The topological polar surface area (TPSA) is 48.1 Å². The van der Waals surface area contributed by atoms with Crippen LogP contribution in [-0.4, -0.2) is 11.5 Å². The second-order valence-electron chi connectivity index (χ2n) is 3.75. The molecule has 2 aromatic rings. The van der Waals surface area contributed by atoms with Crippen molar-refractivity contribution in [1.29, 1.82) is 0 Å². The molecule has 0 aliphatic heterocycles. The van der Waals surface area contributed by atoms with Crippen LogP contribution in [0.2, 0.25) is 0 Å². The van der Waals surface area contributed by atoms with Gasteiger partial charge in [-0.15, -0.1) is 0 Å². The van der Waals surface area contributed by atoms with Crippen molar-refractivity contribution < 1.29 is 9.13 Å². The maximum absolute atomic E-state index is 13.2. The molecule has 1 aromatic heterocycles. The van der Waals surface area contributed by atoms with Crippen LogP contribution in [0.5, 0.6) is 11.6 Å². The molecule has 0 amide bonds. The Balaban J connectivity index is 2.13. The molecule has 0 fully saturated rings. The molecule has 0 aliphatic rings. The highest BCUT2D eigenvalue weighted by Gasteiger charge is 2.03. The zero-order chi connectivity index (χ0) is 13.0. The molecular formula is C13H12BrFN2O. The lowest BCUT2D eigenvalue weighted by atomic mass is 10.2. The number of nitrogens with zero attached hydrogens (tertiary/aromatic N) is 1. The summed E-state index contributed by atoms with van der Waals surface area (Å²) in [7, 11) is 0. The van der Waals surface area contributed by atoms with Crippen molar-refractivity contribution >= 4 is 15.9 Å². The van der Waals surface area contributed by atoms with E-state index in [1.165, 1.54) is 12.1 Å². The van der Waals surface area contributed by atoms with E-state index < -0.39 is 0 Å². The predicted molar refractivity (Wildman–Crippen MR) is 71.2 cm³/mol. The van der Waals surface area contributed by atoms with Crippen LogP contribution >= 0.6 is 15.9 Å². The highest BCUT2D eigenvalue weighted by molar-refractivity contribution is 9.10. The highest BCUT2D eigenvalue weighted by atomic mass is 79.9. The van der Waals surface area contributed by atoms with Gasteiger partial charge in [-0.2, -0.15) is 0 Å². The van der Waals surface area contributed by atoms with Gasteiger partial charge >= 0.3 is 0 Å². The fraction of sp³-hybridized carbons (Fsp3) is 0.154. The van der Waals surface area contributed by atoms with E-state index in [0.717, 1.165) is 12.0 Å². The molecule has 18 heavy (non-hydrogen) atoms. The average molecular weight is 311 g/mol. The van der Waals surface area contributed by atoms with Gasteiger partial charge in [0.2, 0.25) is 5.88 Å². The van der Waals surface area contributed by atoms with Crippen molar-refractivity contribution in [3.63, 3.8) is 0 Å². The van der Waals surface area contributed by atoms with E-state index in [1.807, 2.05) is 6.07 Å². The van der Waals surface area contributed by atoms with Gasteiger partial charge in [0, 0.05) is 22.8 Å². The van der Waals surface area contributed by atoms with Crippen LogP contribution < -0.4 is 10.5 Å². The Morgan fingerprint density at radius 3 is 2.72 bits per heavy atom. The molecule has 2 rings (SSSR count). The first-order chi connectivity index (χ1) is 8.67. The molecule has 1 aromatic carbocycles. The normalized spacial score (nSPS) is 10.4. The van der Waals surface area contributed by atoms with Crippen LogP contribution in [0.3, 0.4) is 0 Å². The number of pyridine rings is 1. The molecule has 0 saturated carbocycles. The smallest absolute Gasteiger partial charge is 0.219 e. The summed E-state index contributed by atoms with van der Waals surface area (Å²) in [5.41, 5.74) is 6.50. The van der Waals surface area contributed by atoms with E-state index in [0.29, 0.717) is 22.6 Å². The zero-order valence-electron chi connectivity index (χ0n) is 9.57. The Morgan fingerprint density at radius 2 is 2.11 bits per heavy atom. The van der Waals surface area contributed by atoms with E-state index in [9.17, 15) is 4.39 Å². The summed E-state index contributed by atoms with van der Waals surface area (Å²) < 4.78 is 19.2. The van der Waals surface area contributed by atoms with Gasteiger partial charge in [-0.05, 0) is 30.7 Å². The second kappa shape index (κ2) is 5.93.